The van der Waals surface area contributed by atoms with Gasteiger partial charge in [0.2, 0.25) is 0 Å². The largest absolute Gasteiger partial charge is 0.493 e. The number of methoxy groups -OCH3 is 1. The third-order valence-corrected chi connectivity index (χ3v) is 5.00. The van der Waals surface area contributed by atoms with Gasteiger partial charge in [-0.3, -0.25) is 4.79 Å². The number of halogens is 2. The molecule has 0 fully saturated rings. The number of rotatable bonds is 8. The van der Waals surface area contributed by atoms with E-state index in [1.165, 1.54) is 24.5 Å². The summed E-state index contributed by atoms with van der Waals surface area (Å²) in [6.45, 7) is 3.43. The maximum absolute atomic E-state index is 12.8. The van der Waals surface area contributed by atoms with Crippen molar-refractivity contribution in [3.05, 3.63) is 39.3 Å². The minimum absolute atomic E-state index is 0.0399. The van der Waals surface area contributed by atoms with Gasteiger partial charge in [0.05, 0.1) is 17.8 Å². The Morgan fingerprint density at radius 1 is 1.30 bits per heavy atom. The molecule has 0 bridgehead atoms. The number of thiazole rings is 1. The highest BCUT2D eigenvalue weighted by Crippen LogP contribution is 2.30. The zero-order valence-electron chi connectivity index (χ0n) is 16.1. The minimum atomic E-state index is -2.93. The van der Waals surface area contributed by atoms with E-state index in [9.17, 15) is 13.6 Å². The first kappa shape index (κ1) is 21.1. The molecule has 0 saturated heterocycles. The summed E-state index contributed by atoms with van der Waals surface area (Å²) in [5.41, 5.74) is 1.47. The first-order valence-corrected chi connectivity index (χ1v) is 9.36. The average Bonchev–Trinajstić information content (AvgIpc) is 2.94. The van der Waals surface area contributed by atoms with Gasteiger partial charge in [0.1, 0.15) is 4.88 Å². The summed E-state index contributed by atoms with van der Waals surface area (Å²) in [7, 11) is 3.07. The molecule has 5 nitrogen and oxygen atoms in total. The zero-order chi connectivity index (χ0) is 20.1. The Morgan fingerprint density at radius 2 is 2.00 bits per heavy atom. The van der Waals surface area contributed by atoms with E-state index in [0.29, 0.717) is 17.3 Å². The number of carbonyl (C=O) groups excluding carboxylic acids is 1. The molecule has 0 unspecified atom stereocenters. The lowest BCUT2D eigenvalue weighted by Gasteiger charge is -2.18. The monoisotopic (exact) mass is 398 g/mol. The van der Waals surface area contributed by atoms with Crippen LogP contribution in [0.2, 0.25) is 0 Å². The molecule has 0 aliphatic rings. The Labute approximate surface area is 161 Å². The van der Waals surface area contributed by atoms with Crippen LogP contribution in [0.3, 0.4) is 0 Å². The first-order valence-electron chi connectivity index (χ1n) is 8.54. The van der Waals surface area contributed by atoms with Crippen molar-refractivity contribution < 1.29 is 23.0 Å². The highest BCUT2D eigenvalue weighted by atomic mass is 32.1. The molecule has 0 saturated carbocycles. The van der Waals surface area contributed by atoms with Crippen LogP contribution in [0.5, 0.6) is 11.5 Å². The van der Waals surface area contributed by atoms with Crippen molar-refractivity contribution in [3.63, 3.8) is 0 Å². The molecule has 2 aromatic rings. The van der Waals surface area contributed by atoms with Crippen LogP contribution < -0.4 is 9.47 Å². The molecule has 0 aliphatic carbocycles. The summed E-state index contributed by atoms with van der Waals surface area (Å²) in [5, 5.41) is 0.953. The van der Waals surface area contributed by atoms with Crippen molar-refractivity contribution >= 4 is 17.2 Å². The van der Waals surface area contributed by atoms with Crippen LogP contribution in [-0.4, -0.2) is 36.6 Å². The maximum Gasteiger partial charge on any atom is 0.387 e. The molecule has 1 amide bonds. The average molecular weight is 398 g/mol. The predicted molar refractivity (Wildman–Crippen MR) is 101 cm³/mol. The van der Waals surface area contributed by atoms with E-state index in [1.54, 1.807) is 24.1 Å². The second kappa shape index (κ2) is 9.12. The number of carbonyl (C=O) groups is 1. The van der Waals surface area contributed by atoms with Gasteiger partial charge in [0, 0.05) is 20.0 Å². The summed E-state index contributed by atoms with van der Waals surface area (Å²) in [4.78, 5) is 19.5. The predicted octanol–water partition coefficient (Wildman–Crippen LogP) is 4.53. The zero-order valence-corrected chi connectivity index (χ0v) is 16.9. The second-order valence-corrected chi connectivity index (χ2v) is 7.73. The topological polar surface area (TPSA) is 51.7 Å². The van der Waals surface area contributed by atoms with Crippen molar-refractivity contribution in [2.75, 3.05) is 14.2 Å². The smallest absolute Gasteiger partial charge is 0.387 e. The molecule has 0 aliphatic heterocycles. The molecule has 0 spiro atoms. The summed E-state index contributed by atoms with van der Waals surface area (Å²) >= 11 is 1.42. The third-order valence-electron chi connectivity index (χ3n) is 3.83. The number of hydrogen-bond donors (Lipinski definition) is 0. The fourth-order valence-electron chi connectivity index (χ4n) is 2.61. The van der Waals surface area contributed by atoms with Crippen molar-refractivity contribution in [1.82, 2.24) is 9.88 Å². The van der Waals surface area contributed by atoms with Gasteiger partial charge in [-0.15, -0.1) is 11.3 Å². The number of hydrogen-bond acceptors (Lipinski definition) is 5. The number of aromatic nitrogens is 1. The Morgan fingerprint density at radius 3 is 2.59 bits per heavy atom. The summed E-state index contributed by atoms with van der Waals surface area (Å²) in [6.07, 6.45) is 0.839. The SMILES string of the molecule is COc1cc(CN(C)C(=O)c2sc(CC(C)C)nc2C)ccc1OC(F)F. The van der Waals surface area contributed by atoms with Crippen LogP contribution in [0.1, 0.15) is 39.8 Å². The summed E-state index contributed by atoms with van der Waals surface area (Å²) in [6, 6.07) is 4.64. The third kappa shape index (κ3) is 5.63. The Bertz CT molecular complexity index is 793. The Balaban J connectivity index is 2.13. The standard InChI is InChI=1S/C19H24F2N2O3S/c1-11(2)8-16-22-12(3)17(27-16)18(24)23(4)10-13-6-7-14(26-19(20)21)15(9-13)25-5/h6-7,9,11,19H,8,10H2,1-5H3. The molecule has 8 heteroatoms. The molecular formula is C19H24F2N2O3S. The van der Waals surface area contributed by atoms with Crippen LogP contribution in [0, 0.1) is 12.8 Å². The molecule has 1 aromatic carbocycles. The van der Waals surface area contributed by atoms with E-state index in [2.05, 4.69) is 23.6 Å². The molecule has 148 valence electrons. The van der Waals surface area contributed by atoms with Crippen molar-refractivity contribution in [3.8, 4) is 11.5 Å². The van der Waals surface area contributed by atoms with Crippen LogP contribution in [0.25, 0.3) is 0 Å². The van der Waals surface area contributed by atoms with Crippen molar-refractivity contribution in [2.24, 2.45) is 5.92 Å². The molecule has 0 radical (unpaired) electrons. The van der Waals surface area contributed by atoms with E-state index in [0.717, 1.165) is 22.7 Å². The number of amides is 1. The number of benzene rings is 1. The van der Waals surface area contributed by atoms with Gasteiger partial charge in [-0.25, -0.2) is 4.98 Å². The van der Waals surface area contributed by atoms with E-state index >= 15 is 0 Å². The molecule has 1 heterocycles. The molecule has 0 atom stereocenters. The van der Waals surface area contributed by atoms with E-state index in [1.807, 2.05) is 6.92 Å². The van der Waals surface area contributed by atoms with Crippen LogP contribution in [0.4, 0.5) is 8.78 Å². The molecule has 1 aromatic heterocycles. The van der Waals surface area contributed by atoms with Gasteiger partial charge in [0.15, 0.2) is 11.5 Å². The van der Waals surface area contributed by atoms with E-state index < -0.39 is 6.61 Å². The Hall–Kier alpha value is -2.22. The van der Waals surface area contributed by atoms with Crippen molar-refractivity contribution in [1.29, 1.82) is 0 Å². The van der Waals surface area contributed by atoms with Gasteiger partial charge in [-0.1, -0.05) is 19.9 Å². The fraction of sp³-hybridized carbons (Fsp3) is 0.474. The quantitative estimate of drug-likeness (QED) is 0.655. The number of alkyl halides is 2. The number of nitrogens with zero attached hydrogens (tertiary/aromatic N) is 2. The van der Waals surface area contributed by atoms with E-state index in [4.69, 9.17) is 4.74 Å². The van der Waals surface area contributed by atoms with Gasteiger partial charge in [-0.05, 0) is 30.5 Å². The molecule has 2 rings (SSSR count). The fourth-order valence-corrected chi connectivity index (χ4v) is 3.88. The molecule has 0 N–H and O–H groups in total. The van der Waals surface area contributed by atoms with Gasteiger partial charge in [0.25, 0.3) is 5.91 Å². The summed E-state index contributed by atoms with van der Waals surface area (Å²) in [5.74, 6) is 0.508. The van der Waals surface area contributed by atoms with E-state index in [-0.39, 0.29) is 17.4 Å². The lowest BCUT2D eigenvalue weighted by molar-refractivity contribution is -0.0512. The molecular weight excluding hydrogens is 374 g/mol. The highest BCUT2D eigenvalue weighted by Gasteiger charge is 2.20. The highest BCUT2D eigenvalue weighted by molar-refractivity contribution is 7.13. The summed E-state index contributed by atoms with van der Waals surface area (Å²) < 4.78 is 34.4. The maximum atomic E-state index is 12.8. The van der Waals surface area contributed by atoms with Gasteiger partial charge < -0.3 is 14.4 Å². The number of ether oxygens (including phenoxy) is 2. The minimum Gasteiger partial charge on any atom is -0.493 e. The van der Waals surface area contributed by atoms with Crippen LogP contribution >= 0.6 is 11.3 Å². The lowest BCUT2D eigenvalue weighted by Crippen LogP contribution is -2.26. The van der Waals surface area contributed by atoms with Crippen LogP contribution in [0.15, 0.2) is 18.2 Å². The normalized spacial score (nSPS) is 11.1. The lowest BCUT2D eigenvalue weighted by atomic mass is 10.1. The number of aryl methyl sites for hydroxylation is 1. The second-order valence-electron chi connectivity index (χ2n) is 6.65. The van der Waals surface area contributed by atoms with Gasteiger partial charge in [-0.2, -0.15) is 8.78 Å². The van der Waals surface area contributed by atoms with Crippen LogP contribution in [-0.2, 0) is 13.0 Å². The van der Waals surface area contributed by atoms with Crippen molar-refractivity contribution in [2.45, 2.75) is 40.3 Å². The molecule has 27 heavy (non-hydrogen) atoms. The van der Waals surface area contributed by atoms with Gasteiger partial charge >= 0.3 is 6.61 Å². The first-order chi connectivity index (χ1) is 12.7. The Kier molecular flexibility index (Phi) is 7.12.